The molecule has 7 heteroatoms. The molecule has 0 atom stereocenters. The second-order valence-corrected chi connectivity index (χ2v) is 6.19. The standard InChI is InChI=1S/C18H17N3O3S/c1-24-14(22)9-10-19-17(23)16-15(13-7-3-2-4-8-13)20-18(25-16)21-11-5-6-12-21/h2-8,11-12H,9-10H2,1H3,(H,19,23). The molecule has 1 amide bonds. The second-order valence-electron chi connectivity index (χ2n) is 5.21. The number of rotatable bonds is 6. The summed E-state index contributed by atoms with van der Waals surface area (Å²) in [5.74, 6) is -0.612. The van der Waals surface area contributed by atoms with E-state index in [0.717, 1.165) is 5.56 Å². The first-order chi connectivity index (χ1) is 12.2. The molecule has 128 valence electrons. The molecule has 0 bridgehead atoms. The van der Waals surface area contributed by atoms with E-state index in [2.05, 4.69) is 15.0 Å². The summed E-state index contributed by atoms with van der Waals surface area (Å²) in [7, 11) is 1.32. The fourth-order valence-electron chi connectivity index (χ4n) is 2.29. The first kappa shape index (κ1) is 16.9. The Hall–Kier alpha value is -2.93. The highest BCUT2D eigenvalue weighted by molar-refractivity contribution is 7.16. The Morgan fingerprint density at radius 2 is 1.88 bits per heavy atom. The van der Waals surface area contributed by atoms with E-state index in [9.17, 15) is 9.59 Å². The van der Waals surface area contributed by atoms with E-state index < -0.39 is 0 Å². The molecular formula is C18H17N3O3S. The fourth-order valence-corrected chi connectivity index (χ4v) is 3.26. The van der Waals surface area contributed by atoms with Gasteiger partial charge in [0.25, 0.3) is 5.91 Å². The SMILES string of the molecule is COC(=O)CCNC(=O)c1sc(-n2cccc2)nc1-c1ccccc1. The highest BCUT2D eigenvalue weighted by Gasteiger charge is 2.20. The minimum atomic E-state index is -0.360. The van der Waals surface area contributed by atoms with Crippen LogP contribution < -0.4 is 5.32 Å². The van der Waals surface area contributed by atoms with Crippen molar-refractivity contribution in [3.63, 3.8) is 0 Å². The van der Waals surface area contributed by atoms with Crippen LogP contribution in [0.1, 0.15) is 16.1 Å². The van der Waals surface area contributed by atoms with Crippen LogP contribution in [0.25, 0.3) is 16.4 Å². The van der Waals surface area contributed by atoms with Crippen LogP contribution >= 0.6 is 11.3 Å². The average molecular weight is 355 g/mol. The van der Waals surface area contributed by atoms with Crippen molar-refractivity contribution in [3.8, 4) is 16.4 Å². The van der Waals surface area contributed by atoms with Gasteiger partial charge in [-0.25, -0.2) is 4.98 Å². The molecule has 2 heterocycles. The van der Waals surface area contributed by atoms with Gasteiger partial charge in [-0.1, -0.05) is 41.7 Å². The number of carbonyl (C=O) groups is 2. The predicted octanol–water partition coefficient (Wildman–Crippen LogP) is 2.89. The number of esters is 1. The molecule has 0 saturated carbocycles. The summed E-state index contributed by atoms with van der Waals surface area (Å²) in [6.07, 6.45) is 3.89. The van der Waals surface area contributed by atoms with E-state index in [1.54, 1.807) is 0 Å². The lowest BCUT2D eigenvalue weighted by Crippen LogP contribution is -2.26. The van der Waals surface area contributed by atoms with Crippen LogP contribution in [-0.2, 0) is 9.53 Å². The molecule has 0 fully saturated rings. The molecule has 0 aliphatic carbocycles. The van der Waals surface area contributed by atoms with Gasteiger partial charge in [0.1, 0.15) is 4.88 Å². The zero-order valence-corrected chi connectivity index (χ0v) is 14.5. The molecule has 2 aromatic heterocycles. The summed E-state index contributed by atoms with van der Waals surface area (Å²) in [5, 5.41) is 3.46. The van der Waals surface area contributed by atoms with Crippen LogP contribution in [-0.4, -0.2) is 35.1 Å². The van der Waals surface area contributed by atoms with Gasteiger partial charge in [-0.2, -0.15) is 0 Å². The maximum Gasteiger partial charge on any atom is 0.307 e. The smallest absolute Gasteiger partial charge is 0.307 e. The number of aromatic nitrogens is 2. The molecule has 0 spiro atoms. The van der Waals surface area contributed by atoms with Gasteiger partial charge in [0, 0.05) is 24.5 Å². The van der Waals surface area contributed by atoms with E-state index in [-0.39, 0.29) is 24.8 Å². The van der Waals surface area contributed by atoms with Crippen LogP contribution in [0.2, 0.25) is 0 Å². The maximum absolute atomic E-state index is 12.6. The molecule has 25 heavy (non-hydrogen) atoms. The highest BCUT2D eigenvalue weighted by atomic mass is 32.1. The quantitative estimate of drug-likeness (QED) is 0.690. The van der Waals surface area contributed by atoms with Gasteiger partial charge in [-0.05, 0) is 12.1 Å². The first-order valence-corrected chi connectivity index (χ1v) is 8.55. The lowest BCUT2D eigenvalue weighted by atomic mass is 10.1. The molecule has 0 radical (unpaired) electrons. The number of amides is 1. The number of nitrogens with zero attached hydrogens (tertiary/aromatic N) is 2. The molecule has 6 nitrogen and oxygen atoms in total. The molecule has 1 aromatic carbocycles. The largest absolute Gasteiger partial charge is 0.469 e. The number of carbonyl (C=O) groups excluding carboxylic acids is 2. The molecule has 0 aliphatic heterocycles. The Morgan fingerprint density at radius 3 is 2.56 bits per heavy atom. The van der Waals surface area contributed by atoms with Crippen molar-refractivity contribution in [2.45, 2.75) is 6.42 Å². The van der Waals surface area contributed by atoms with Gasteiger partial charge in [0.15, 0.2) is 5.13 Å². The van der Waals surface area contributed by atoms with E-state index in [1.165, 1.54) is 18.4 Å². The van der Waals surface area contributed by atoms with Crippen LogP contribution in [0.4, 0.5) is 0 Å². The zero-order chi connectivity index (χ0) is 17.6. The minimum absolute atomic E-state index is 0.131. The normalized spacial score (nSPS) is 10.4. The van der Waals surface area contributed by atoms with E-state index in [0.29, 0.717) is 15.7 Å². The molecule has 0 saturated heterocycles. The van der Waals surface area contributed by atoms with Crippen molar-refractivity contribution in [1.29, 1.82) is 0 Å². The van der Waals surface area contributed by atoms with Crippen molar-refractivity contribution in [2.75, 3.05) is 13.7 Å². The summed E-state index contributed by atoms with van der Waals surface area (Å²) in [5.41, 5.74) is 1.50. The maximum atomic E-state index is 12.6. The third kappa shape index (κ3) is 3.95. The monoisotopic (exact) mass is 355 g/mol. The van der Waals surface area contributed by atoms with Gasteiger partial charge in [-0.3, -0.25) is 9.59 Å². The summed E-state index contributed by atoms with van der Waals surface area (Å²) in [6, 6.07) is 13.4. The Balaban J connectivity index is 1.88. The van der Waals surface area contributed by atoms with Gasteiger partial charge in [0.05, 0.1) is 19.2 Å². The number of thiazole rings is 1. The number of methoxy groups -OCH3 is 1. The Kier molecular flexibility index (Phi) is 5.25. The number of ether oxygens (including phenoxy) is 1. The molecule has 3 rings (SSSR count). The summed E-state index contributed by atoms with van der Waals surface area (Å²) >= 11 is 1.31. The Bertz CT molecular complexity index is 857. The van der Waals surface area contributed by atoms with Crippen molar-refractivity contribution in [1.82, 2.24) is 14.9 Å². The zero-order valence-electron chi connectivity index (χ0n) is 13.6. The van der Waals surface area contributed by atoms with Gasteiger partial charge < -0.3 is 14.6 Å². The fraction of sp³-hybridized carbons (Fsp3) is 0.167. The lowest BCUT2D eigenvalue weighted by molar-refractivity contribution is -0.140. The molecule has 0 aliphatic rings. The van der Waals surface area contributed by atoms with Gasteiger partial charge in [0.2, 0.25) is 0 Å². The van der Waals surface area contributed by atoms with E-state index >= 15 is 0 Å². The lowest BCUT2D eigenvalue weighted by Gasteiger charge is -2.04. The van der Waals surface area contributed by atoms with Crippen LogP contribution in [0.3, 0.4) is 0 Å². The van der Waals surface area contributed by atoms with Gasteiger partial charge >= 0.3 is 5.97 Å². The number of hydrogen-bond donors (Lipinski definition) is 1. The molecule has 0 unspecified atom stereocenters. The molecule has 3 aromatic rings. The van der Waals surface area contributed by atoms with Gasteiger partial charge in [-0.15, -0.1) is 0 Å². The van der Waals surface area contributed by atoms with Crippen molar-refractivity contribution in [3.05, 3.63) is 59.7 Å². The molecular weight excluding hydrogens is 338 g/mol. The third-order valence-corrected chi connectivity index (χ3v) is 4.60. The topological polar surface area (TPSA) is 73.2 Å². The van der Waals surface area contributed by atoms with E-state index in [4.69, 9.17) is 0 Å². The number of nitrogens with one attached hydrogen (secondary N) is 1. The predicted molar refractivity (Wildman–Crippen MR) is 95.8 cm³/mol. The van der Waals surface area contributed by atoms with Crippen molar-refractivity contribution >= 4 is 23.2 Å². The highest BCUT2D eigenvalue weighted by Crippen LogP contribution is 2.30. The number of benzene rings is 1. The average Bonchev–Trinajstić information content (AvgIpc) is 3.31. The van der Waals surface area contributed by atoms with Crippen molar-refractivity contribution < 1.29 is 14.3 Å². The summed E-state index contributed by atoms with van der Waals surface area (Å²) in [4.78, 5) is 28.9. The van der Waals surface area contributed by atoms with Crippen LogP contribution in [0, 0.1) is 0 Å². The van der Waals surface area contributed by atoms with Crippen molar-refractivity contribution in [2.24, 2.45) is 0 Å². The van der Waals surface area contributed by atoms with Crippen LogP contribution in [0.15, 0.2) is 54.9 Å². The summed E-state index contributed by atoms with van der Waals surface area (Å²) in [6.45, 7) is 0.219. The minimum Gasteiger partial charge on any atom is -0.469 e. The third-order valence-electron chi connectivity index (χ3n) is 3.54. The first-order valence-electron chi connectivity index (χ1n) is 7.73. The Labute approximate surface area is 149 Å². The Morgan fingerprint density at radius 1 is 1.16 bits per heavy atom. The second kappa shape index (κ2) is 7.76. The number of hydrogen-bond acceptors (Lipinski definition) is 5. The molecule has 1 N–H and O–H groups in total. The van der Waals surface area contributed by atoms with E-state index in [1.807, 2.05) is 59.4 Å². The summed E-state index contributed by atoms with van der Waals surface area (Å²) < 4.78 is 6.44. The van der Waals surface area contributed by atoms with Crippen LogP contribution in [0.5, 0.6) is 0 Å².